The van der Waals surface area contributed by atoms with Crippen molar-refractivity contribution in [1.82, 2.24) is 4.98 Å². The second-order valence-electron chi connectivity index (χ2n) is 4.23. The van der Waals surface area contributed by atoms with E-state index in [0.29, 0.717) is 25.8 Å². The third-order valence-corrected chi connectivity index (χ3v) is 5.37. The molecule has 2 heterocycles. The Morgan fingerprint density at radius 2 is 2.05 bits per heavy atom. The number of fused-ring (bicyclic) bond motifs is 1. The standard InChI is InChI=1S/C13H6Br2N2O3S/c14-10-4-6(13(15)21-10)12(18)7-5-16-8-2-1-3-9(11(7)8)17(19)20/h1-5,16H. The third kappa shape index (κ3) is 2.43. The molecule has 3 aromatic rings. The highest BCUT2D eigenvalue weighted by molar-refractivity contribution is 9.12. The summed E-state index contributed by atoms with van der Waals surface area (Å²) in [5.41, 5.74) is 1.26. The lowest BCUT2D eigenvalue weighted by molar-refractivity contribution is -0.383. The zero-order valence-electron chi connectivity index (χ0n) is 10.2. The molecule has 0 saturated carbocycles. The fraction of sp³-hybridized carbons (Fsp3) is 0. The number of carbonyl (C=O) groups excluding carboxylic acids is 1. The van der Waals surface area contributed by atoms with Crippen LogP contribution in [0.5, 0.6) is 0 Å². The van der Waals surface area contributed by atoms with Crippen LogP contribution in [0.4, 0.5) is 5.69 Å². The summed E-state index contributed by atoms with van der Waals surface area (Å²) in [5, 5.41) is 11.5. The van der Waals surface area contributed by atoms with Crippen molar-refractivity contribution in [2.45, 2.75) is 0 Å². The number of non-ortho nitro benzene ring substituents is 1. The molecular formula is C13H6Br2N2O3S. The van der Waals surface area contributed by atoms with Crippen molar-refractivity contribution in [3.63, 3.8) is 0 Å². The van der Waals surface area contributed by atoms with Crippen LogP contribution >= 0.6 is 43.2 Å². The number of rotatable bonds is 3. The first-order chi connectivity index (χ1) is 9.99. The highest BCUT2D eigenvalue weighted by Crippen LogP contribution is 2.36. The zero-order valence-corrected chi connectivity index (χ0v) is 14.2. The minimum Gasteiger partial charge on any atom is -0.360 e. The number of nitro groups is 1. The van der Waals surface area contributed by atoms with Crippen molar-refractivity contribution in [2.24, 2.45) is 0 Å². The summed E-state index contributed by atoms with van der Waals surface area (Å²) in [6.45, 7) is 0. The van der Waals surface area contributed by atoms with Gasteiger partial charge in [0.2, 0.25) is 0 Å². The van der Waals surface area contributed by atoms with E-state index in [4.69, 9.17) is 0 Å². The van der Waals surface area contributed by atoms with Gasteiger partial charge in [-0.2, -0.15) is 0 Å². The number of nitrogens with one attached hydrogen (secondary N) is 1. The Bertz CT molecular complexity index is 885. The van der Waals surface area contributed by atoms with E-state index in [-0.39, 0.29) is 11.5 Å². The van der Waals surface area contributed by atoms with Crippen molar-refractivity contribution < 1.29 is 9.72 Å². The lowest BCUT2D eigenvalue weighted by Crippen LogP contribution is -2.00. The van der Waals surface area contributed by atoms with Crippen LogP contribution in [0, 0.1) is 10.1 Å². The number of ketones is 1. The van der Waals surface area contributed by atoms with Crippen molar-refractivity contribution in [3.05, 3.63) is 59.3 Å². The maximum absolute atomic E-state index is 12.6. The molecule has 106 valence electrons. The maximum Gasteiger partial charge on any atom is 0.279 e. The first-order valence-electron chi connectivity index (χ1n) is 5.73. The molecule has 21 heavy (non-hydrogen) atoms. The average Bonchev–Trinajstić information content (AvgIpc) is 3.00. The molecule has 2 aromatic heterocycles. The van der Waals surface area contributed by atoms with Gasteiger partial charge in [-0.15, -0.1) is 11.3 Å². The monoisotopic (exact) mass is 428 g/mol. The summed E-state index contributed by atoms with van der Waals surface area (Å²) in [6.07, 6.45) is 1.51. The number of nitro benzene ring substituents is 1. The molecule has 0 amide bonds. The summed E-state index contributed by atoms with van der Waals surface area (Å²) in [5.74, 6) is -0.260. The minimum absolute atomic E-state index is 0.0810. The first kappa shape index (κ1) is 14.4. The van der Waals surface area contributed by atoms with Crippen molar-refractivity contribution in [2.75, 3.05) is 0 Å². The first-order valence-corrected chi connectivity index (χ1v) is 8.13. The van der Waals surface area contributed by atoms with Gasteiger partial charge in [-0.05, 0) is 44.0 Å². The van der Waals surface area contributed by atoms with Crippen molar-refractivity contribution >= 4 is 65.6 Å². The summed E-state index contributed by atoms with van der Waals surface area (Å²) in [7, 11) is 0. The number of hydrogen-bond acceptors (Lipinski definition) is 4. The van der Waals surface area contributed by atoms with Crippen LogP contribution in [-0.2, 0) is 0 Å². The number of benzene rings is 1. The van der Waals surface area contributed by atoms with Gasteiger partial charge in [-0.3, -0.25) is 14.9 Å². The number of aromatic nitrogens is 1. The van der Waals surface area contributed by atoms with Gasteiger partial charge in [0.05, 0.1) is 29.0 Å². The summed E-state index contributed by atoms with van der Waals surface area (Å²) >= 11 is 8.04. The topological polar surface area (TPSA) is 76.0 Å². The van der Waals surface area contributed by atoms with Gasteiger partial charge < -0.3 is 4.98 Å². The molecule has 0 spiro atoms. The Kier molecular flexibility index (Phi) is 3.68. The molecule has 0 radical (unpaired) electrons. The normalized spacial score (nSPS) is 11.0. The minimum atomic E-state index is -0.481. The molecule has 0 atom stereocenters. The SMILES string of the molecule is O=C(c1cc(Br)sc1Br)c1c[nH]c2cccc([N+](=O)[O-])c12. The summed E-state index contributed by atoms with van der Waals surface area (Å²) in [4.78, 5) is 26.2. The Hall–Kier alpha value is -1.51. The van der Waals surface area contributed by atoms with Crippen molar-refractivity contribution in [1.29, 1.82) is 0 Å². The molecule has 8 heteroatoms. The van der Waals surface area contributed by atoms with Gasteiger partial charge in [0, 0.05) is 17.8 Å². The van der Waals surface area contributed by atoms with Crippen LogP contribution in [-0.4, -0.2) is 15.7 Å². The smallest absolute Gasteiger partial charge is 0.279 e. The second-order valence-corrected chi connectivity index (χ2v) is 7.98. The maximum atomic E-state index is 12.6. The predicted octanol–water partition coefficient (Wildman–Crippen LogP) is 4.89. The van der Waals surface area contributed by atoms with E-state index in [1.54, 1.807) is 18.2 Å². The second kappa shape index (κ2) is 5.36. The lowest BCUT2D eigenvalue weighted by atomic mass is 10.0. The molecule has 5 nitrogen and oxygen atoms in total. The van der Waals surface area contributed by atoms with Gasteiger partial charge in [-0.25, -0.2) is 0 Å². The largest absolute Gasteiger partial charge is 0.360 e. The van der Waals surface area contributed by atoms with Crippen LogP contribution in [0.1, 0.15) is 15.9 Å². The third-order valence-electron chi connectivity index (χ3n) is 3.03. The van der Waals surface area contributed by atoms with E-state index in [9.17, 15) is 14.9 Å². The van der Waals surface area contributed by atoms with Gasteiger partial charge in [0.1, 0.15) is 0 Å². The molecule has 0 saturated heterocycles. The number of carbonyl (C=O) groups is 1. The van der Waals surface area contributed by atoms with E-state index in [1.807, 2.05) is 0 Å². The van der Waals surface area contributed by atoms with Crippen LogP contribution in [0.2, 0.25) is 0 Å². The Morgan fingerprint density at radius 3 is 2.67 bits per heavy atom. The molecular weight excluding hydrogens is 424 g/mol. The van der Waals surface area contributed by atoms with E-state index in [0.717, 1.165) is 3.79 Å². The fourth-order valence-electron chi connectivity index (χ4n) is 2.14. The van der Waals surface area contributed by atoms with Gasteiger partial charge in [0.15, 0.2) is 5.78 Å². The molecule has 0 fully saturated rings. The van der Waals surface area contributed by atoms with Crippen LogP contribution in [0.15, 0.2) is 38.0 Å². The van der Waals surface area contributed by atoms with Gasteiger partial charge in [-0.1, -0.05) is 6.07 Å². The molecule has 0 bridgehead atoms. The molecule has 0 aliphatic carbocycles. The quantitative estimate of drug-likeness (QED) is 0.365. The van der Waals surface area contributed by atoms with Crippen LogP contribution < -0.4 is 0 Å². The van der Waals surface area contributed by atoms with Crippen LogP contribution in [0.25, 0.3) is 10.9 Å². The molecule has 0 unspecified atom stereocenters. The van der Waals surface area contributed by atoms with Gasteiger partial charge in [0.25, 0.3) is 5.69 Å². The van der Waals surface area contributed by atoms with E-state index < -0.39 is 4.92 Å². The molecule has 1 aromatic carbocycles. The summed E-state index contributed by atoms with van der Waals surface area (Å²) < 4.78 is 1.50. The number of H-pyrrole nitrogens is 1. The number of aromatic amines is 1. The summed E-state index contributed by atoms with van der Waals surface area (Å²) in [6, 6.07) is 6.39. The number of hydrogen-bond donors (Lipinski definition) is 1. The predicted molar refractivity (Wildman–Crippen MR) is 88.1 cm³/mol. The van der Waals surface area contributed by atoms with Crippen molar-refractivity contribution in [3.8, 4) is 0 Å². The Labute approximate surface area is 139 Å². The zero-order chi connectivity index (χ0) is 15.1. The van der Waals surface area contributed by atoms with Gasteiger partial charge >= 0.3 is 0 Å². The highest BCUT2D eigenvalue weighted by atomic mass is 79.9. The lowest BCUT2D eigenvalue weighted by Gasteiger charge is -1.99. The van der Waals surface area contributed by atoms with E-state index in [2.05, 4.69) is 36.8 Å². The number of thiophene rings is 1. The van der Waals surface area contributed by atoms with E-state index >= 15 is 0 Å². The number of nitrogens with zero attached hydrogens (tertiary/aromatic N) is 1. The fourth-order valence-corrected chi connectivity index (χ4v) is 4.93. The molecule has 3 rings (SSSR count). The van der Waals surface area contributed by atoms with Crippen LogP contribution in [0.3, 0.4) is 0 Å². The molecule has 1 N–H and O–H groups in total. The Morgan fingerprint density at radius 1 is 1.29 bits per heavy atom. The average molecular weight is 430 g/mol. The Balaban J connectivity index is 2.23. The highest BCUT2D eigenvalue weighted by Gasteiger charge is 2.24. The molecule has 0 aliphatic heterocycles. The van der Waals surface area contributed by atoms with E-state index in [1.165, 1.54) is 23.6 Å². The number of halogens is 2. The molecule has 0 aliphatic rings.